The van der Waals surface area contributed by atoms with E-state index in [0.717, 1.165) is 19.5 Å². The monoisotopic (exact) mass is 271 g/mol. The average molecular weight is 271 g/mol. The number of nitrogens with zero attached hydrogens (tertiary/aromatic N) is 2. The van der Waals surface area contributed by atoms with Crippen molar-refractivity contribution in [1.29, 1.82) is 0 Å². The van der Waals surface area contributed by atoms with Crippen LogP contribution in [0.4, 0.5) is 4.79 Å². The summed E-state index contributed by atoms with van der Waals surface area (Å²) in [5.74, 6) is -1.33. The maximum Gasteiger partial charge on any atom is 0.334 e. The van der Waals surface area contributed by atoms with Crippen LogP contribution in [-0.4, -0.2) is 76.4 Å². The number of carboxylic acid groups (broad SMARTS) is 1. The fourth-order valence-electron chi connectivity index (χ4n) is 2.84. The lowest BCUT2D eigenvalue weighted by Gasteiger charge is -2.42. The summed E-state index contributed by atoms with van der Waals surface area (Å²) in [5.41, 5.74) is 0. The van der Waals surface area contributed by atoms with Crippen molar-refractivity contribution in [2.24, 2.45) is 0 Å². The molecule has 0 aromatic carbocycles. The van der Waals surface area contributed by atoms with E-state index in [0.29, 0.717) is 12.6 Å². The second-order valence-corrected chi connectivity index (χ2v) is 5.33. The van der Waals surface area contributed by atoms with E-state index in [4.69, 9.17) is 10.2 Å². The highest BCUT2D eigenvalue weighted by Gasteiger charge is 2.36. The van der Waals surface area contributed by atoms with Gasteiger partial charge in [0, 0.05) is 25.2 Å². The maximum atomic E-state index is 12.0. The third-order valence-electron chi connectivity index (χ3n) is 3.93. The van der Waals surface area contributed by atoms with Crippen LogP contribution in [0, 0.1) is 0 Å². The molecule has 108 valence electrons. The largest absolute Gasteiger partial charge is 0.479 e. The summed E-state index contributed by atoms with van der Waals surface area (Å²) >= 11 is 0. The Morgan fingerprint density at radius 3 is 2.84 bits per heavy atom. The summed E-state index contributed by atoms with van der Waals surface area (Å²) in [6.07, 6.45) is 0.728. The Kier molecular flexibility index (Phi) is 4.26. The molecular formula is C12H21N3O4. The molecule has 0 saturated carbocycles. The van der Waals surface area contributed by atoms with Gasteiger partial charge in [-0.15, -0.1) is 0 Å². The zero-order valence-corrected chi connectivity index (χ0v) is 11.1. The Bertz CT molecular complexity index is 363. The second-order valence-electron chi connectivity index (χ2n) is 5.33. The van der Waals surface area contributed by atoms with Gasteiger partial charge in [-0.05, 0) is 26.3 Å². The van der Waals surface area contributed by atoms with Crippen molar-refractivity contribution in [2.75, 3.05) is 26.2 Å². The third kappa shape index (κ3) is 3.16. The maximum absolute atomic E-state index is 12.0. The molecule has 2 aliphatic rings. The molecule has 7 heteroatoms. The molecular weight excluding hydrogens is 250 g/mol. The number of amides is 2. The number of carboxylic acids is 1. The van der Waals surface area contributed by atoms with Gasteiger partial charge in [0.05, 0.1) is 6.54 Å². The van der Waals surface area contributed by atoms with Gasteiger partial charge in [-0.1, -0.05) is 0 Å². The van der Waals surface area contributed by atoms with Crippen molar-refractivity contribution < 1.29 is 19.8 Å². The number of hydrogen-bond donors (Lipinski definition) is 3. The molecule has 7 nitrogen and oxygen atoms in total. The highest BCUT2D eigenvalue weighted by molar-refractivity contribution is 5.77. The molecule has 0 bridgehead atoms. The number of carbonyl (C=O) groups excluding carboxylic acids is 1. The Hall–Kier alpha value is -1.34. The van der Waals surface area contributed by atoms with E-state index in [1.54, 1.807) is 4.90 Å². The predicted octanol–water partition coefficient (Wildman–Crippen LogP) is -0.690. The minimum atomic E-state index is -1.55. The smallest absolute Gasteiger partial charge is 0.334 e. The lowest BCUT2D eigenvalue weighted by atomic mass is 10.1. The first-order chi connectivity index (χ1) is 8.99. The first-order valence-electron chi connectivity index (χ1n) is 6.68. The van der Waals surface area contributed by atoms with Gasteiger partial charge in [0.1, 0.15) is 0 Å². The van der Waals surface area contributed by atoms with Crippen molar-refractivity contribution in [1.82, 2.24) is 15.1 Å². The summed E-state index contributed by atoms with van der Waals surface area (Å²) in [5, 5.41) is 20.2. The summed E-state index contributed by atoms with van der Waals surface area (Å²) in [6, 6.07) is 0.238. The van der Waals surface area contributed by atoms with Gasteiger partial charge in [-0.2, -0.15) is 0 Å². The van der Waals surface area contributed by atoms with Gasteiger partial charge in [-0.3, -0.25) is 4.90 Å². The first-order valence-corrected chi connectivity index (χ1v) is 6.68. The molecule has 0 aromatic heterocycles. The van der Waals surface area contributed by atoms with Crippen LogP contribution < -0.4 is 5.32 Å². The van der Waals surface area contributed by atoms with Crippen molar-refractivity contribution >= 4 is 12.0 Å². The lowest BCUT2D eigenvalue weighted by molar-refractivity contribution is -0.146. The highest BCUT2D eigenvalue weighted by Crippen LogP contribution is 2.24. The Labute approximate surface area is 112 Å². The molecule has 0 spiro atoms. The standard InChI is InChI=1S/C12H21N3O4/c1-8-6-14-4-2-3-9(14)7-15(8)12(19)13-5-10(16)11(17)18/h8-10,16H,2-7H2,1H3,(H,13,19)(H,17,18). The van der Waals surface area contributed by atoms with Crippen molar-refractivity contribution in [2.45, 2.75) is 38.0 Å². The molecule has 2 fully saturated rings. The van der Waals surface area contributed by atoms with Crippen LogP contribution in [-0.2, 0) is 4.79 Å². The Morgan fingerprint density at radius 2 is 2.16 bits per heavy atom. The molecule has 3 atom stereocenters. The van der Waals surface area contributed by atoms with Crippen LogP contribution in [0.5, 0.6) is 0 Å². The zero-order chi connectivity index (χ0) is 14.0. The molecule has 2 rings (SSSR count). The molecule has 0 aromatic rings. The average Bonchev–Trinajstić information content (AvgIpc) is 2.81. The topological polar surface area (TPSA) is 93.1 Å². The van der Waals surface area contributed by atoms with E-state index >= 15 is 0 Å². The number of urea groups is 1. The molecule has 0 radical (unpaired) electrons. The van der Waals surface area contributed by atoms with Gasteiger partial charge >= 0.3 is 12.0 Å². The second kappa shape index (κ2) is 5.75. The number of fused-ring (bicyclic) bond motifs is 1. The third-order valence-corrected chi connectivity index (χ3v) is 3.93. The Balaban J connectivity index is 1.86. The number of nitrogens with one attached hydrogen (secondary N) is 1. The van der Waals surface area contributed by atoms with Crippen molar-refractivity contribution in [3.63, 3.8) is 0 Å². The molecule has 2 amide bonds. The van der Waals surface area contributed by atoms with Crippen LogP contribution in [0.3, 0.4) is 0 Å². The van der Waals surface area contributed by atoms with Gasteiger partial charge in [0.2, 0.25) is 0 Å². The minimum absolute atomic E-state index is 0.108. The quantitative estimate of drug-likeness (QED) is 0.632. The molecule has 2 saturated heterocycles. The van der Waals surface area contributed by atoms with Gasteiger partial charge in [0.25, 0.3) is 0 Å². The molecule has 19 heavy (non-hydrogen) atoms. The Morgan fingerprint density at radius 1 is 1.42 bits per heavy atom. The molecule has 3 unspecified atom stereocenters. The van der Waals surface area contributed by atoms with E-state index in [1.807, 2.05) is 6.92 Å². The number of carbonyl (C=O) groups is 2. The summed E-state index contributed by atoms with van der Waals surface area (Å²) in [6.45, 7) is 4.37. The predicted molar refractivity (Wildman–Crippen MR) is 67.8 cm³/mol. The highest BCUT2D eigenvalue weighted by atomic mass is 16.4. The number of hydrogen-bond acceptors (Lipinski definition) is 4. The lowest BCUT2D eigenvalue weighted by Crippen LogP contribution is -2.59. The van der Waals surface area contributed by atoms with E-state index in [9.17, 15) is 9.59 Å². The molecule has 2 heterocycles. The zero-order valence-electron chi connectivity index (χ0n) is 11.1. The summed E-state index contributed by atoms with van der Waals surface area (Å²) in [4.78, 5) is 26.6. The fraction of sp³-hybridized carbons (Fsp3) is 0.833. The number of aliphatic hydroxyl groups excluding tert-OH is 1. The van der Waals surface area contributed by atoms with E-state index in [2.05, 4.69) is 10.2 Å². The van der Waals surface area contributed by atoms with Crippen LogP contribution in [0.15, 0.2) is 0 Å². The number of aliphatic hydroxyl groups is 1. The fourth-order valence-corrected chi connectivity index (χ4v) is 2.84. The molecule has 2 aliphatic heterocycles. The van der Waals surface area contributed by atoms with Crippen LogP contribution in [0.2, 0.25) is 0 Å². The first kappa shape index (κ1) is 14.1. The number of piperazine rings is 1. The summed E-state index contributed by atoms with van der Waals surface area (Å²) in [7, 11) is 0. The number of rotatable bonds is 3. The molecule has 0 aliphatic carbocycles. The van der Waals surface area contributed by atoms with Gasteiger partial charge < -0.3 is 20.4 Å². The van der Waals surface area contributed by atoms with Crippen LogP contribution in [0.25, 0.3) is 0 Å². The van der Waals surface area contributed by atoms with E-state index in [-0.39, 0.29) is 18.6 Å². The van der Waals surface area contributed by atoms with E-state index < -0.39 is 12.1 Å². The number of aliphatic carboxylic acids is 1. The summed E-state index contributed by atoms with van der Waals surface area (Å²) < 4.78 is 0. The normalized spacial score (nSPS) is 28.8. The van der Waals surface area contributed by atoms with E-state index in [1.165, 1.54) is 6.42 Å². The molecule has 3 N–H and O–H groups in total. The van der Waals surface area contributed by atoms with Gasteiger partial charge in [0.15, 0.2) is 6.10 Å². The van der Waals surface area contributed by atoms with Crippen LogP contribution >= 0.6 is 0 Å². The van der Waals surface area contributed by atoms with Gasteiger partial charge in [-0.25, -0.2) is 9.59 Å². The van der Waals surface area contributed by atoms with Crippen LogP contribution in [0.1, 0.15) is 19.8 Å². The van der Waals surface area contributed by atoms with Crippen molar-refractivity contribution in [3.8, 4) is 0 Å². The minimum Gasteiger partial charge on any atom is -0.479 e. The van der Waals surface area contributed by atoms with Crippen molar-refractivity contribution in [3.05, 3.63) is 0 Å². The SMILES string of the molecule is CC1CN2CCCC2CN1C(=O)NCC(O)C(=O)O.